The molecule has 1 aliphatic rings. The minimum Gasteiger partial charge on any atom is -0.348 e. The molecule has 7 heteroatoms. The summed E-state index contributed by atoms with van der Waals surface area (Å²) < 4.78 is 4.94. The topological polar surface area (TPSA) is 74.5 Å². The number of aromatic nitrogens is 2. The van der Waals surface area contributed by atoms with Crippen molar-refractivity contribution in [1.29, 1.82) is 0 Å². The first-order valence-electron chi connectivity index (χ1n) is 6.99. The van der Waals surface area contributed by atoms with Crippen LogP contribution in [0.3, 0.4) is 0 Å². The summed E-state index contributed by atoms with van der Waals surface area (Å²) in [6.07, 6.45) is 2.08. The van der Waals surface area contributed by atoms with Gasteiger partial charge in [-0.15, -0.1) is 0 Å². The van der Waals surface area contributed by atoms with E-state index in [4.69, 9.17) is 4.52 Å². The number of amides is 1. The number of likely N-dealkylation sites (tertiary alicyclic amines) is 1. The number of likely N-dealkylation sites (N-methyl/N-ethyl adjacent to an activating group) is 1. The minimum atomic E-state index is 0.165. The van der Waals surface area contributed by atoms with E-state index in [9.17, 15) is 4.79 Å². The summed E-state index contributed by atoms with van der Waals surface area (Å²) in [5.41, 5.74) is 0. The first-order chi connectivity index (χ1) is 9.54. The molecule has 1 N–H and O–H groups in total. The van der Waals surface area contributed by atoms with Crippen molar-refractivity contribution in [3.05, 3.63) is 11.7 Å². The molecule has 0 bridgehead atoms. The summed E-state index contributed by atoms with van der Waals surface area (Å²) in [6, 6.07) is 0.458. The summed E-state index contributed by atoms with van der Waals surface area (Å²) in [6.45, 7) is 4.84. The van der Waals surface area contributed by atoms with Gasteiger partial charge in [0.05, 0.1) is 13.1 Å². The average Bonchev–Trinajstić information content (AvgIpc) is 2.83. The molecule has 1 fully saturated rings. The number of rotatable bonds is 5. The lowest BCUT2D eigenvalue weighted by Crippen LogP contribution is -2.45. The van der Waals surface area contributed by atoms with Crippen LogP contribution in [0.2, 0.25) is 0 Å². The molecule has 7 nitrogen and oxygen atoms in total. The van der Waals surface area contributed by atoms with E-state index in [0.717, 1.165) is 25.9 Å². The molecule has 1 aliphatic heterocycles. The predicted molar refractivity (Wildman–Crippen MR) is 74.0 cm³/mol. The molecule has 2 rings (SSSR count). The first-order valence-corrected chi connectivity index (χ1v) is 6.99. The quantitative estimate of drug-likeness (QED) is 0.820. The average molecular weight is 281 g/mol. The van der Waals surface area contributed by atoms with Gasteiger partial charge in [0.15, 0.2) is 5.82 Å². The maximum atomic E-state index is 11.6. The number of hydrogen-bond donors (Lipinski definition) is 1. The highest BCUT2D eigenvalue weighted by molar-refractivity contribution is 5.77. The molecule has 0 saturated carbocycles. The Morgan fingerprint density at radius 2 is 2.15 bits per heavy atom. The summed E-state index contributed by atoms with van der Waals surface area (Å²) in [5, 5.41) is 7.31. The van der Waals surface area contributed by atoms with Crippen LogP contribution in [0.4, 0.5) is 0 Å². The number of aryl methyl sites for hydroxylation is 1. The number of carbonyl (C=O) groups is 1. The molecule has 0 atom stereocenters. The Balaban J connectivity index is 1.68. The third-order valence-electron chi connectivity index (χ3n) is 3.56. The molecule has 0 radical (unpaired) electrons. The fourth-order valence-electron chi connectivity index (χ4n) is 2.28. The van der Waals surface area contributed by atoms with E-state index in [-0.39, 0.29) is 5.91 Å². The summed E-state index contributed by atoms with van der Waals surface area (Å²) >= 11 is 0. The van der Waals surface area contributed by atoms with Crippen LogP contribution >= 0.6 is 0 Å². The third kappa shape index (κ3) is 4.28. The molecule has 20 heavy (non-hydrogen) atoms. The van der Waals surface area contributed by atoms with Gasteiger partial charge in [-0.05, 0) is 12.8 Å². The number of hydrogen-bond acceptors (Lipinski definition) is 6. The zero-order chi connectivity index (χ0) is 14.5. The fraction of sp³-hybridized carbons (Fsp3) is 0.769. The van der Waals surface area contributed by atoms with Crippen LogP contribution in [0.1, 0.15) is 24.6 Å². The van der Waals surface area contributed by atoms with Gasteiger partial charge in [0, 0.05) is 40.2 Å². The van der Waals surface area contributed by atoms with E-state index >= 15 is 0 Å². The highest BCUT2D eigenvalue weighted by Gasteiger charge is 2.21. The Morgan fingerprint density at radius 1 is 1.45 bits per heavy atom. The Hall–Kier alpha value is -1.47. The number of nitrogens with one attached hydrogen (secondary N) is 1. The highest BCUT2D eigenvalue weighted by Crippen LogP contribution is 2.10. The smallest absolute Gasteiger partial charge is 0.236 e. The van der Waals surface area contributed by atoms with Crippen LogP contribution in [0, 0.1) is 6.92 Å². The molecule has 0 aromatic carbocycles. The van der Waals surface area contributed by atoms with Crippen molar-refractivity contribution >= 4 is 5.91 Å². The number of carbonyl (C=O) groups excluding carboxylic acids is 1. The van der Waals surface area contributed by atoms with E-state index in [1.807, 2.05) is 0 Å². The van der Waals surface area contributed by atoms with Gasteiger partial charge >= 0.3 is 0 Å². The second-order valence-corrected chi connectivity index (χ2v) is 5.45. The van der Waals surface area contributed by atoms with Gasteiger partial charge in [-0.2, -0.15) is 4.98 Å². The van der Waals surface area contributed by atoms with Crippen molar-refractivity contribution < 1.29 is 9.32 Å². The Morgan fingerprint density at radius 3 is 2.70 bits per heavy atom. The molecule has 1 saturated heterocycles. The maximum absolute atomic E-state index is 11.6. The summed E-state index contributed by atoms with van der Waals surface area (Å²) in [5.74, 6) is 1.46. The van der Waals surface area contributed by atoms with Gasteiger partial charge in [-0.1, -0.05) is 5.16 Å². The van der Waals surface area contributed by atoms with Crippen LogP contribution in [-0.4, -0.2) is 65.6 Å². The lowest BCUT2D eigenvalue weighted by Gasteiger charge is -2.32. The van der Waals surface area contributed by atoms with E-state index in [2.05, 4.69) is 20.4 Å². The molecule has 1 amide bonds. The van der Waals surface area contributed by atoms with Crippen LogP contribution in [0.25, 0.3) is 0 Å². The van der Waals surface area contributed by atoms with E-state index < -0.39 is 0 Å². The van der Waals surface area contributed by atoms with Crippen molar-refractivity contribution in [2.24, 2.45) is 0 Å². The molecular weight excluding hydrogens is 258 g/mol. The van der Waals surface area contributed by atoms with Crippen molar-refractivity contribution in [3.63, 3.8) is 0 Å². The van der Waals surface area contributed by atoms with E-state index in [1.165, 1.54) is 0 Å². The van der Waals surface area contributed by atoms with E-state index in [1.54, 1.807) is 25.9 Å². The largest absolute Gasteiger partial charge is 0.348 e. The summed E-state index contributed by atoms with van der Waals surface area (Å²) in [7, 11) is 3.59. The van der Waals surface area contributed by atoms with Crippen LogP contribution in [0.5, 0.6) is 0 Å². The predicted octanol–water partition coefficient (Wildman–Crippen LogP) is 0.0202. The Kier molecular flexibility index (Phi) is 5.08. The highest BCUT2D eigenvalue weighted by atomic mass is 16.5. The lowest BCUT2D eigenvalue weighted by atomic mass is 10.1. The van der Waals surface area contributed by atoms with Gasteiger partial charge in [0.2, 0.25) is 11.8 Å². The van der Waals surface area contributed by atoms with E-state index in [0.29, 0.717) is 30.8 Å². The van der Waals surface area contributed by atoms with Crippen molar-refractivity contribution in [2.75, 3.05) is 33.7 Å². The lowest BCUT2D eigenvalue weighted by molar-refractivity contribution is -0.130. The zero-order valence-electron chi connectivity index (χ0n) is 12.4. The van der Waals surface area contributed by atoms with Gasteiger partial charge in [0.1, 0.15) is 0 Å². The molecule has 0 unspecified atom stereocenters. The molecule has 1 aromatic rings. The van der Waals surface area contributed by atoms with Gasteiger partial charge < -0.3 is 14.7 Å². The monoisotopic (exact) mass is 281 g/mol. The summed E-state index contributed by atoms with van der Waals surface area (Å²) in [4.78, 5) is 19.7. The van der Waals surface area contributed by atoms with Crippen LogP contribution in [0.15, 0.2) is 4.52 Å². The van der Waals surface area contributed by atoms with Crippen LogP contribution in [-0.2, 0) is 11.3 Å². The Bertz CT molecular complexity index is 438. The minimum absolute atomic E-state index is 0.165. The zero-order valence-corrected chi connectivity index (χ0v) is 12.4. The van der Waals surface area contributed by atoms with Crippen molar-refractivity contribution in [2.45, 2.75) is 32.4 Å². The maximum Gasteiger partial charge on any atom is 0.236 e. The number of piperidine rings is 1. The molecule has 112 valence electrons. The van der Waals surface area contributed by atoms with Crippen molar-refractivity contribution in [1.82, 2.24) is 25.3 Å². The number of nitrogens with zero attached hydrogens (tertiary/aromatic N) is 4. The van der Waals surface area contributed by atoms with Gasteiger partial charge in [-0.3, -0.25) is 9.69 Å². The van der Waals surface area contributed by atoms with Gasteiger partial charge in [-0.25, -0.2) is 0 Å². The standard InChI is InChI=1S/C13H23N5O2/c1-10-15-12(16-20-10)8-14-11-4-6-18(7-5-11)9-13(19)17(2)3/h11,14H,4-9H2,1-3H3. The normalized spacial score (nSPS) is 17.4. The fourth-order valence-corrected chi connectivity index (χ4v) is 2.28. The third-order valence-corrected chi connectivity index (χ3v) is 3.56. The van der Waals surface area contributed by atoms with Crippen molar-refractivity contribution in [3.8, 4) is 0 Å². The Labute approximate surface area is 119 Å². The molecule has 0 spiro atoms. The molecule has 1 aromatic heterocycles. The SMILES string of the molecule is Cc1nc(CNC2CCN(CC(=O)N(C)C)CC2)no1. The molecular formula is C13H23N5O2. The molecule has 2 heterocycles. The van der Waals surface area contributed by atoms with Gasteiger partial charge in [0.25, 0.3) is 0 Å². The molecule has 0 aliphatic carbocycles. The second-order valence-electron chi connectivity index (χ2n) is 5.45. The van der Waals surface area contributed by atoms with Crippen LogP contribution < -0.4 is 5.32 Å². The first kappa shape index (κ1) is 14.9. The second kappa shape index (κ2) is 6.81.